The van der Waals surface area contributed by atoms with Crippen LogP contribution < -0.4 is 9.47 Å². The van der Waals surface area contributed by atoms with Gasteiger partial charge < -0.3 is 24.4 Å². The third kappa shape index (κ3) is 6.52. The Labute approximate surface area is 220 Å². The predicted molar refractivity (Wildman–Crippen MR) is 146 cm³/mol. The Morgan fingerprint density at radius 2 is 1.59 bits per heavy atom. The van der Waals surface area contributed by atoms with Crippen molar-refractivity contribution in [2.75, 3.05) is 39.4 Å². The number of benzene rings is 2. The Kier molecular flexibility index (Phi) is 10.1. The minimum Gasteiger partial charge on any atom is -0.507 e. The van der Waals surface area contributed by atoms with Crippen LogP contribution in [0.25, 0.3) is 5.76 Å². The van der Waals surface area contributed by atoms with Crippen LogP contribution in [-0.2, 0) is 9.59 Å². The number of Topliss-reactive ketones (excluding diaryl/α,β-unsaturated/α-hetero) is 1. The van der Waals surface area contributed by atoms with Crippen LogP contribution in [0.1, 0.15) is 63.3 Å². The summed E-state index contributed by atoms with van der Waals surface area (Å²) in [6.45, 7) is 14.0. The number of hydrogen-bond acceptors (Lipinski definition) is 6. The zero-order valence-electron chi connectivity index (χ0n) is 22.8. The fourth-order valence-corrected chi connectivity index (χ4v) is 4.54. The van der Waals surface area contributed by atoms with Gasteiger partial charge in [-0.2, -0.15) is 0 Å². The first-order valence-corrected chi connectivity index (χ1v) is 13.3. The molecule has 37 heavy (non-hydrogen) atoms. The van der Waals surface area contributed by atoms with E-state index >= 15 is 0 Å². The summed E-state index contributed by atoms with van der Waals surface area (Å²) < 4.78 is 11.5. The van der Waals surface area contributed by atoms with Crippen molar-refractivity contribution >= 4 is 17.4 Å². The van der Waals surface area contributed by atoms with Gasteiger partial charge in [0.1, 0.15) is 17.3 Å². The van der Waals surface area contributed by atoms with Crippen LogP contribution in [0.3, 0.4) is 0 Å². The monoisotopic (exact) mass is 508 g/mol. The first kappa shape index (κ1) is 28.3. The zero-order chi connectivity index (χ0) is 26.9. The van der Waals surface area contributed by atoms with E-state index in [0.717, 1.165) is 48.6 Å². The molecular formula is C30H40N2O5. The molecule has 0 aliphatic carbocycles. The third-order valence-electron chi connectivity index (χ3n) is 6.67. The Hall–Kier alpha value is -3.32. The minimum absolute atomic E-state index is 0.105. The quantitative estimate of drug-likeness (QED) is 0.224. The summed E-state index contributed by atoms with van der Waals surface area (Å²) in [6.07, 6.45) is 1.79. The van der Waals surface area contributed by atoms with Gasteiger partial charge in [0.25, 0.3) is 11.7 Å². The van der Waals surface area contributed by atoms with Gasteiger partial charge in [-0.25, -0.2) is 0 Å². The van der Waals surface area contributed by atoms with Crippen LogP contribution in [0.5, 0.6) is 11.5 Å². The van der Waals surface area contributed by atoms with Gasteiger partial charge in [0.2, 0.25) is 0 Å². The van der Waals surface area contributed by atoms with Crippen LogP contribution >= 0.6 is 0 Å². The molecule has 0 saturated carbocycles. The van der Waals surface area contributed by atoms with E-state index in [-0.39, 0.29) is 11.3 Å². The molecule has 0 radical (unpaired) electrons. The lowest BCUT2D eigenvalue weighted by Gasteiger charge is -2.28. The number of likely N-dealkylation sites (N-methyl/N-ethyl adjacent to an activating group) is 1. The highest BCUT2D eigenvalue weighted by Gasteiger charge is 2.46. The minimum atomic E-state index is -0.688. The van der Waals surface area contributed by atoms with Gasteiger partial charge in [-0.1, -0.05) is 39.8 Å². The zero-order valence-corrected chi connectivity index (χ0v) is 22.8. The number of aliphatic hydroxyl groups is 1. The highest BCUT2D eigenvalue weighted by Crippen LogP contribution is 2.40. The molecule has 7 heteroatoms. The second-order valence-electron chi connectivity index (χ2n) is 9.27. The van der Waals surface area contributed by atoms with Gasteiger partial charge in [0.15, 0.2) is 0 Å². The smallest absolute Gasteiger partial charge is 0.295 e. The molecule has 0 spiro atoms. The van der Waals surface area contributed by atoms with Gasteiger partial charge in [-0.05, 0) is 74.3 Å². The summed E-state index contributed by atoms with van der Waals surface area (Å²) in [7, 11) is 0. The highest BCUT2D eigenvalue weighted by molar-refractivity contribution is 6.46. The van der Waals surface area contributed by atoms with Crippen molar-refractivity contribution in [3.05, 3.63) is 64.7 Å². The van der Waals surface area contributed by atoms with E-state index in [1.165, 1.54) is 0 Å². The number of ketones is 1. The molecule has 3 rings (SSSR count). The summed E-state index contributed by atoms with van der Waals surface area (Å²) in [5.41, 5.74) is 2.19. The molecule has 0 bridgehead atoms. The molecule has 1 heterocycles. The van der Waals surface area contributed by atoms with Crippen LogP contribution in [-0.4, -0.2) is 66.0 Å². The molecule has 1 aliphatic heterocycles. The van der Waals surface area contributed by atoms with Gasteiger partial charge in [-0.3, -0.25) is 9.59 Å². The molecule has 1 fully saturated rings. The number of hydrogen-bond donors (Lipinski definition) is 1. The number of rotatable bonds is 13. The van der Waals surface area contributed by atoms with Crippen LogP contribution in [0, 0.1) is 6.92 Å². The summed E-state index contributed by atoms with van der Waals surface area (Å²) in [4.78, 5) is 30.4. The van der Waals surface area contributed by atoms with E-state index in [0.29, 0.717) is 31.9 Å². The van der Waals surface area contributed by atoms with Crippen molar-refractivity contribution < 1.29 is 24.2 Å². The number of aliphatic hydroxyl groups excluding tert-OH is 1. The van der Waals surface area contributed by atoms with E-state index in [9.17, 15) is 14.7 Å². The molecule has 1 unspecified atom stereocenters. The van der Waals surface area contributed by atoms with Crippen molar-refractivity contribution in [2.24, 2.45) is 0 Å². The number of carbonyl (C=O) groups is 2. The Bertz CT molecular complexity index is 1110. The predicted octanol–water partition coefficient (Wildman–Crippen LogP) is 5.34. The molecule has 1 amide bonds. The van der Waals surface area contributed by atoms with Gasteiger partial charge in [0.05, 0.1) is 24.8 Å². The fraction of sp³-hybridized carbons (Fsp3) is 0.467. The average Bonchev–Trinajstić information content (AvgIpc) is 3.16. The van der Waals surface area contributed by atoms with Crippen molar-refractivity contribution in [2.45, 2.75) is 53.5 Å². The maximum Gasteiger partial charge on any atom is 0.295 e. The normalized spacial score (nSPS) is 17.0. The number of amides is 1. The van der Waals surface area contributed by atoms with Crippen molar-refractivity contribution in [1.29, 1.82) is 0 Å². The number of aryl methyl sites for hydroxylation is 1. The Balaban J connectivity index is 2.05. The molecule has 200 valence electrons. The number of ether oxygens (including phenoxy) is 2. The second kappa shape index (κ2) is 13.3. The fourth-order valence-electron chi connectivity index (χ4n) is 4.54. The Morgan fingerprint density at radius 1 is 0.946 bits per heavy atom. The maximum absolute atomic E-state index is 13.3. The molecule has 2 aromatic rings. The van der Waals surface area contributed by atoms with E-state index in [4.69, 9.17) is 9.47 Å². The number of nitrogens with zero attached hydrogens (tertiary/aromatic N) is 2. The summed E-state index contributed by atoms with van der Waals surface area (Å²) in [5, 5.41) is 11.4. The molecule has 0 aromatic heterocycles. The third-order valence-corrected chi connectivity index (χ3v) is 6.67. The molecule has 1 aliphatic rings. The topological polar surface area (TPSA) is 79.3 Å². The van der Waals surface area contributed by atoms with Gasteiger partial charge >= 0.3 is 0 Å². The standard InChI is InChI=1S/C30H40N2O5/c1-6-18-36-24-13-10-22(11-14-24)27-26(29(34)30(35)32(27)17-16-31(8-3)9-4)28(33)23-12-15-25(21(5)20-23)37-19-7-2/h10-15,20,27,33H,6-9,16-19H2,1-5H3. The lowest BCUT2D eigenvalue weighted by molar-refractivity contribution is -0.140. The largest absolute Gasteiger partial charge is 0.507 e. The van der Waals surface area contributed by atoms with E-state index in [1.807, 2.05) is 45.0 Å². The molecule has 1 atom stereocenters. The van der Waals surface area contributed by atoms with E-state index in [1.54, 1.807) is 23.1 Å². The van der Waals surface area contributed by atoms with Gasteiger partial charge in [0, 0.05) is 18.7 Å². The lowest BCUT2D eigenvalue weighted by Crippen LogP contribution is -2.38. The van der Waals surface area contributed by atoms with Crippen molar-refractivity contribution in [1.82, 2.24) is 9.80 Å². The maximum atomic E-state index is 13.3. The van der Waals surface area contributed by atoms with Crippen LogP contribution in [0.2, 0.25) is 0 Å². The van der Waals surface area contributed by atoms with E-state index in [2.05, 4.69) is 18.7 Å². The number of carbonyl (C=O) groups excluding carboxylic acids is 2. The van der Waals surface area contributed by atoms with Crippen molar-refractivity contribution in [3.63, 3.8) is 0 Å². The van der Waals surface area contributed by atoms with E-state index < -0.39 is 17.7 Å². The first-order valence-electron chi connectivity index (χ1n) is 13.3. The molecular weight excluding hydrogens is 468 g/mol. The van der Waals surface area contributed by atoms with Crippen molar-refractivity contribution in [3.8, 4) is 11.5 Å². The molecule has 7 nitrogen and oxygen atoms in total. The molecule has 1 saturated heterocycles. The lowest BCUT2D eigenvalue weighted by atomic mass is 9.94. The van der Waals surface area contributed by atoms with Crippen LogP contribution in [0.15, 0.2) is 48.0 Å². The first-order chi connectivity index (χ1) is 17.9. The second-order valence-corrected chi connectivity index (χ2v) is 9.27. The summed E-state index contributed by atoms with van der Waals surface area (Å²) in [5.74, 6) is 0.0216. The van der Waals surface area contributed by atoms with Gasteiger partial charge in [-0.15, -0.1) is 0 Å². The SMILES string of the molecule is CCCOc1ccc(C2C(=C(O)c3ccc(OCCC)c(C)c3)C(=O)C(=O)N2CCN(CC)CC)cc1. The molecule has 1 N–H and O–H groups in total. The van der Waals surface area contributed by atoms with Crippen LogP contribution in [0.4, 0.5) is 0 Å². The number of likely N-dealkylation sites (tertiary alicyclic amines) is 1. The highest BCUT2D eigenvalue weighted by atomic mass is 16.5. The average molecular weight is 509 g/mol. The summed E-state index contributed by atoms with van der Waals surface area (Å²) in [6, 6.07) is 12.1. The Morgan fingerprint density at radius 3 is 2.19 bits per heavy atom. The molecule has 2 aromatic carbocycles. The summed E-state index contributed by atoms with van der Waals surface area (Å²) >= 11 is 0.